The minimum absolute atomic E-state index is 0.166. The molecule has 1 aromatic heterocycles. The minimum atomic E-state index is -0.588. The first-order valence-electron chi connectivity index (χ1n) is 6.55. The number of anilines is 2. The van der Waals surface area contributed by atoms with Gasteiger partial charge in [0.05, 0.1) is 18.4 Å². The monoisotopic (exact) mass is 304 g/mol. The van der Waals surface area contributed by atoms with Crippen molar-refractivity contribution in [3.63, 3.8) is 0 Å². The summed E-state index contributed by atoms with van der Waals surface area (Å²) >= 11 is 0. The fourth-order valence-electron chi connectivity index (χ4n) is 1.64. The molecule has 0 radical (unpaired) electrons. The highest BCUT2D eigenvalue weighted by Crippen LogP contribution is 2.16. The van der Waals surface area contributed by atoms with E-state index in [1.54, 1.807) is 30.3 Å². The van der Waals surface area contributed by atoms with Crippen LogP contribution in [0.15, 0.2) is 47.3 Å². The van der Waals surface area contributed by atoms with Crippen LogP contribution in [0.1, 0.15) is 10.4 Å². The lowest BCUT2D eigenvalue weighted by Gasteiger charge is -2.09. The fourth-order valence-corrected chi connectivity index (χ4v) is 1.64. The van der Waals surface area contributed by atoms with E-state index in [0.29, 0.717) is 23.5 Å². The van der Waals surface area contributed by atoms with E-state index in [-0.39, 0.29) is 12.5 Å². The Morgan fingerprint density at radius 1 is 1.14 bits per heavy atom. The minimum Gasteiger partial charge on any atom is -0.472 e. The fraction of sp³-hybridized carbons (Fsp3) is 0.200. The molecule has 0 aliphatic heterocycles. The summed E-state index contributed by atoms with van der Waals surface area (Å²) in [5.74, 6) is -0.298. The quantitative estimate of drug-likeness (QED) is 0.801. The van der Waals surface area contributed by atoms with Crippen LogP contribution in [-0.2, 0) is 9.47 Å². The van der Waals surface area contributed by atoms with E-state index >= 15 is 0 Å². The van der Waals surface area contributed by atoms with Gasteiger partial charge in [-0.05, 0) is 24.3 Å². The number of hydrogen-bond donors (Lipinski definition) is 2. The van der Waals surface area contributed by atoms with Gasteiger partial charge < -0.3 is 19.2 Å². The molecular formula is C15H16N2O5. The van der Waals surface area contributed by atoms with E-state index in [0.717, 1.165) is 0 Å². The Balaban J connectivity index is 1.92. The van der Waals surface area contributed by atoms with Gasteiger partial charge in [0.1, 0.15) is 12.9 Å². The number of methoxy groups -OCH3 is 1. The molecule has 0 bridgehead atoms. The average molecular weight is 304 g/mol. The second kappa shape index (κ2) is 7.84. The van der Waals surface area contributed by atoms with Gasteiger partial charge in [-0.1, -0.05) is 6.07 Å². The van der Waals surface area contributed by atoms with Crippen molar-refractivity contribution in [2.75, 3.05) is 31.0 Å². The number of nitrogens with one attached hydrogen (secondary N) is 2. The van der Waals surface area contributed by atoms with Crippen molar-refractivity contribution in [3.05, 3.63) is 48.4 Å². The highest BCUT2D eigenvalue weighted by Gasteiger charge is 2.08. The lowest BCUT2D eigenvalue weighted by atomic mass is 10.2. The van der Waals surface area contributed by atoms with Crippen LogP contribution >= 0.6 is 0 Å². The summed E-state index contributed by atoms with van der Waals surface area (Å²) in [5.41, 5.74) is 1.46. The maximum Gasteiger partial charge on any atom is 0.411 e. The summed E-state index contributed by atoms with van der Waals surface area (Å²) in [4.78, 5) is 23.4. The van der Waals surface area contributed by atoms with Crippen molar-refractivity contribution in [2.45, 2.75) is 0 Å². The summed E-state index contributed by atoms with van der Waals surface area (Å²) < 4.78 is 14.5. The molecule has 0 aliphatic rings. The van der Waals surface area contributed by atoms with Crippen molar-refractivity contribution in [1.29, 1.82) is 0 Å². The largest absolute Gasteiger partial charge is 0.472 e. The zero-order valence-corrected chi connectivity index (χ0v) is 12.0. The van der Waals surface area contributed by atoms with Gasteiger partial charge >= 0.3 is 6.09 Å². The Bertz CT molecular complexity index is 625. The van der Waals surface area contributed by atoms with Crippen LogP contribution in [0, 0.1) is 0 Å². The number of carbonyl (C=O) groups excluding carboxylic acids is 2. The molecule has 0 aliphatic carbocycles. The molecule has 1 heterocycles. The van der Waals surface area contributed by atoms with E-state index in [4.69, 9.17) is 13.9 Å². The number of hydrogen-bond acceptors (Lipinski definition) is 5. The summed E-state index contributed by atoms with van der Waals surface area (Å²) in [5, 5.41) is 5.26. The Morgan fingerprint density at radius 2 is 1.91 bits per heavy atom. The van der Waals surface area contributed by atoms with Crippen molar-refractivity contribution >= 4 is 23.4 Å². The number of carbonyl (C=O) groups is 2. The molecule has 0 saturated carbocycles. The predicted molar refractivity (Wildman–Crippen MR) is 79.9 cm³/mol. The molecule has 22 heavy (non-hydrogen) atoms. The summed E-state index contributed by atoms with van der Waals surface area (Å²) in [6.45, 7) is 0.494. The number of benzene rings is 1. The smallest absolute Gasteiger partial charge is 0.411 e. The molecule has 7 nitrogen and oxygen atoms in total. The van der Waals surface area contributed by atoms with Gasteiger partial charge in [0.2, 0.25) is 0 Å². The maximum absolute atomic E-state index is 11.9. The van der Waals surface area contributed by atoms with Crippen molar-refractivity contribution < 1.29 is 23.5 Å². The number of rotatable bonds is 6. The molecule has 0 spiro atoms. The first kappa shape index (κ1) is 15.6. The highest BCUT2D eigenvalue weighted by atomic mass is 16.6. The summed E-state index contributed by atoms with van der Waals surface area (Å²) in [6, 6.07) is 8.28. The van der Waals surface area contributed by atoms with Gasteiger partial charge in [0.25, 0.3) is 5.91 Å². The zero-order chi connectivity index (χ0) is 15.8. The SMILES string of the molecule is COCCOC(=O)Nc1cccc(NC(=O)c2ccoc2)c1. The molecule has 2 aromatic rings. The van der Waals surface area contributed by atoms with Gasteiger partial charge in [-0.2, -0.15) is 0 Å². The molecule has 7 heteroatoms. The molecule has 2 rings (SSSR count). The third kappa shape index (κ3) is 4.64. The van der Waals surface area contributed by atoms with E-state index in [2.05, 4.69) is 10.6 Å². The molecule has 0 fully saturated rings. The third-order valence-corrected chi connectivity index (χ3v) is 2.67. The van der Waals surface area contributed by atoms with Crippen molar-refractivity contribution in [3.8, 4) is 0 Å². The van der Waals surface area contributed by atoms with Gasteiger partial charge in [-0.25, -0.2) is 4.79 Å². The van der Waals surface area contributed by atoms with E-state index in [9.17, 15) is 9.59 Å². The van der Waals surface area contributed by atoms with Crippen LogP contribution in [0.3, 0.4) is 0 Å². The van der Waals surface area contributed by atoms with Crippen LogP contribution in [0.5, 0.6) is 0 Å². The lowest BCUT2D eigenvalue weighted by Crippen LogP contribution is -2.16. The van der Waals surface area contributed by atoms with Gasteiger partial charge in [0, 0.05) is 18.5 Å². The van der Waals surface area contributed by atoms with E-state index in [1.807, 2.05) is 0 Å². The second-order valence-corrected chi connectivity index (χ2v) is 4.30. The predicted octanol–water partition coefficient (Wildman–Crippen LogP) is 2.73. The molecule has 0 atom stereocenters. The van der Waals surface area contributed by atoms with E-state index < -0.39 is 6.09 Å². The standard InChI is InChI=1S/C15H16N2O5/c1-20-7-8-22-15(19)17-13-4-2-3-12(9-13)16-14(18)11-5-6-21-10-11/h2-6,9-10H,7-8H2,1H3,(H,16,18)(H,17,19). The first-order valence-corrected chi connectivity index (χ1v) is 6.55. The van der Waals surface area contributed by atoms with Crippen LogP contribution < -0.4 is 10.6 Å². The average Bonchev–Trinajstić information content (AvgIpc) is 3.02. The number of furan rings is 1. The normalized spacial score (nSPS) is 10.0. The van der Waals surface area contributed by atoms with Crippen LogP contribution in [-0.4, -0.2) is 32.3 Å². The summed E-state index contributed by atoms with van der Waals surface area (Å²) in [7, 11) is 1.52. The Kier molecular flexibility index (Phi) is 5.56. The molecule has 0 saturated heterocycles. The Morgan fingerprint density at radius 3 is 2.59 bits per heavy atom. The first-order chi connectivity index (χ1) is 10.7. The van der Waals surface area contributed by atoms with Gasteiger partial charge in [-0.15, -0.1) is 0 Å². The van der Waals surface area contributed by atoms with Gasteiger partial charge in [0.15, 0.2) is 0 Å². The second-order valence-electron chi connectivity index (χ2n) is 4.30. The van der Waals surface area contributed by atoms with Crippen molar-refractivity contribution in [1.82, 2.24) is 0 Å². The van der Waals surface area contributed by atoms with Crippen LogP contribution in [0.4, 0.5) is 16.2 Å². The molecule has 0 unspecified atom stereocenters. The maximum atomic E-state index is 11.9. The Labute approximate surface area is 127 Å². The molecule has 2 N–H and O–H groups in total. The van der Waals surface area contributed by atoms with Crippen LogP contribution in [0.2, 0.25) is 0 Å². The van der Waals surface area contributed by atoms with Crippen molar-refractivity contribution in [2.24, 2.45) is 0 Å². The van der Waals surface area contributed by atoms with Gasteiger partial charge in [-0.3, -0.25) is 10.1 Å². The topological polar surface area (TPSA) is 89.8 Å². The molecule has 1 aromatic carbocycles. The molecular weight excluding hydrogens is 288 g/mol. The molecule has 2 amide bonds. The zero-order valence-electron chi connectivity index (χ0n) is 12.0. The third-order valence-electron chi connectivity index (χ3n) is 2.67. The van der Waals surface area contributed by atoms with E-state index in [1.165, 1.54) is 19.6 Å². The number of ether oxygens (including phenoxy) is 2. The molecule has 116 valence electrons. The highest BCUT2D eigenvalue weighted by molar-refractivity contribution is 6.04. The summed E-state index contributed by atoms with van der Waals surface area (Å²) in [6.07, 6.45) is 2.18. The van der Waals surface area contributed by atoms with Crippen LogP contribution in [0.25, 0.3) is 0 Å². The number of amides is 2. The lowest BCUT2D eigenvalue weighted by molar-refractivity contribution is 0.102. The Hall–Kier alpha value is -2.80.